The van der Waals surface area contributed by atoms with Crippen molar-refractivity contribution < 1.29 is 9.59 Å². The highest BCUT2D eigenvalue weighted by atomic mass is 16.2. The van der Waals surface area contributed by atoms with Crippen molar-refractivity contribution in [2.24, 2.45) is 0 Å². The summed E-state index contributed by atoms with van der Waals surface area (Å²) in [7, 11) is 0. The van der Waals surface area contributed by atoms with Crippen LogP contribution in [0, 0.1) is 0 Å². The van der Waals surface area contributed by atoms with Gasteiger partial charge in [-0.15, -0.1) is 0 Å². The fourth-order valence-corrected chi connectivity index (χ4v) is 4.88. The van der Waals surface area contributed by atoms with Crippen LogP contribution >= 0.6 is 0 Å². The smallest absolute Gasteiger partial charge is 0.246 e. The number of hydrogen-bond acceptors (Lipinski definition) is 3. The number of amides is 2. The Morgan fingerprint density at radius 2 is 1.71 bits per heavy atom. The molecule has 1 aliphatic heterocycles. The number of imidazole rings is 1. The van der Waals surface area contributed by atoms with E-state index < -0.39 is 0 Å². The van der Waals surface area contributed by atoms with Gasteiger partial charge in [0.25, 0.3) is 0 Å². The van der Waals surface area contributed by atoms with Gasteiger partial charge in [-0.1, -0.05) is 60.7 Å². The predicted molar refractivity (Wildman–Crippen MR) is 138 cm³/mol. The molecule has 0 fully saturated rings. The molecular formula is C29H30N4O2. The fourth-order valence-electron chi connectivity index (χ4n) is 4.88. The summed E-state index contributed by atoms with van der Waals surface area (Å²) < 4.78 is 1.96. The molecule has 1 atom stereocenters. The summed E-state index contributed by atoms with van der Waals surface area (Å²) in [4.78, 5) is 32.9. The predicted octanol–water partition coefficient (Wildman–Crippen LogP) is 4.83. The third kappa shape index (κ3) is 4.97. The minimum Gasteiger partial charge on any atom is -0.346 e. The first-order chi connectivity index (χ1) is 17.1. The van der Waals surface area contributed by atoms with Gasteiger partial charge >= 0.3 is 0 Å². The van der Waals surface area contributed by atoms with Crippen molar-refractivity contribution in [1.29, 1.82) is 0 Å². The first kappa shape index (κ1) is 22.8. The maximum absolute atomic E-state index is 13.5. The molecule has 4 aromatic rings. The molecule has 178 valence electrons. The lowest BCUT2D eigenvalue weighted by molar-refractivity contribution is -0.121. The fraction of sp³-hybridized carbons (Fsp3) is 0.276. The number of para-hydroxylation sites is 3. The zero-order valence-electron chi connectivity index (χ0n) is 20.0. The van der Waals surface area contributed by atoms with Crippen molar-refractivity contribution in [3.63, 3.8) is 0 Å². The molecular weight excluding hydrogens is 436 g/mol. The maximum atomic E-state index is 13.5. The highest BCUT2D eigenvalue weighted by Gasteiger charge is 2.25. The molecule has 5 rings (SSSR count). The minimum atomic E-state index is -0.327. The number of anilines is 1. The largest absolute Gasteiger partial charge is 0.346 e. The molecule has 0 spiro atoms. The quantitative estimate of drug-likeness (QED) is 0.424. The van der Waals surface area contributed by atoms with Gasteiger partial charge in [-0.05, 0) is 55.5 Å². The van der Waals surface area contributed by atoms with Crippen molar-refractivity contribution in [1.82, 2.24) is 14.9 Å². The summed E-state index contributed by atoms with van der Waals surface area (Å²) >= 11 is 0. The molecule has 0 aliphatic carbocycles. The molecule has 0 bridgehead atoms. The monoisotopic (exact) mass is 466 g/mol. The molecule has 1 aliphatic rings. The Balaban J connectivity index is 1.36. The van der Waals surface area contributed by atoms with Gasteiger partial charge in [0.1, 0.15) is 12.4 Å². The van der Waals surface area contributed by atoms with E-state index in [2.05, 4.69) is 11.4 Å². The molecule has 6 nitrogen and oxygen atoms in total. The molecule has 6 heteroatoms. The van der Waals surface area contributed by atoms with Gasteiger partial charge in [0.05, 0.1) is 17.1 Å². The van der Waals surface area contributed by atoms with E-state index in [-0.39, 0.29) is 24.4 Å². The van der Waals surface area contributed by atoms with E-state index in [1.54, 1.807) is 0 Å². The molecule has 1 N–H and O–H groups in total. The second kappa shape index (κ2) is 10.1. The lowest BCUT2D eigenvalue weighted by Gasteiger charge is -2.30. The van der Waals surface area contributed by atoms with E-state index in [0.717, 1.165) is 35.1 Å². The van der Waals surface area contributed by atoms with Gasteiger partial charge in [-0.3, -0.25) is 9.59 Å². The first-order valence-electron chi connectivity index (χ1n) is 12.3. The number of aromatic nitrogens is 2. The van der Waals surface area contributed by atoms with Gasteiger partial charge in [0.15, 0.2) is 0 Å². The van der Waals surface area contributed by atoms with Crippen LogP contribution in [0.15, 0.2) is 78.9 Å². The number of benzene rings is 3. The minimum absolute atomic E-state index is 0.0313. The standard InChI is InChI=1S/C29H30N4O2/c1-21(30-27(34)18-17-22-10-3-2-4-11-22)29-31-24-14-6-8-16-26(24)33(29)20-28(35)32-19-9-13-23-12-5-7-15-25(23)32/h2-8,10-12,14-16,21H,9,13,17-20H2,1H3,(H,30,34). The summed E-state index contributed by atoms with van der Waals surface area (Å²) in [6, 6.07) is 25.6. The molecule has 35 heavy (non-hydrogen) atoms. The van der Waals surface area contributed by atoms with Gasteiger partial charge in [0, 0.05) is 18.7 Å². The topological polar surface area (TPSA) is 67.2 Å². The van der Waals surface area contributed by atoms with Crippen LogP contribution in [-0.2, 0) is 29.0 Å². The van der Waals surface area contributed by atoms with Crippen LogP contribution in [0.3, 0.4) is 0 Å². The Morgan fingerprint density at radius 1 is 0.971 bits per heavy atom. The van der Waals surface area contributed by atoms with E-state index in [9.17, 15) is 9.59 Å². The highest BCUT2D eigenvalue weighted by molar-refractivity contribution is 5.95. The number of fused-ring (bicyclic) bond motifs is 2. The summed E-state index contributed by atoms with van der Waals surface area (Å²) in [5.74, 6) is 0.693. The van der Waals surface area contributed by atoms with Crippen molar-refractivity contribution in [2.75, 3.05) is 11.4 Å². The lowest BCUT2D eigenvalue weighted by atomic mass is 10.0. The average Bonchev–Trinajstić information content (AvgIpc) is 3.26. The van der Waals surface area contributed by atoms with Crippen molar-refractivity contribution in [3.05, 3.63) is 95.8 Å². The van der Waals surface area contributed by atoms with E-state index >= 15 is 0 Å². The van der Waals surface area contributed by atoms with E-state index in [1.807, 2.05) is 89.2 Å². The number of hydrogen-bond donors (Lipinski definition) is 1. The van der Waals surface area contributed by atoms with Crippen LogP contribution in [0.5, 0.6) is 0 Å². The second-order valence-electron chi connectivity index (χ2n) is 9.10. The number of carbonyl (C=O) groups excluding carboxylic acids is 2. The number of rotatable bonds is 7. The number of aryl methyl sites for hydroxylation is 2. The van der Waals surface area contributed by atoms with Crippen LogP contribution in [0.1, 0.15) is 42.8 Å². The van der Waals surface area contributed by atoms with Crippen molar-refractivity contribution in [3.8, 4) is 0 Å². The van der Waals surface area contributed by atoms with Crippen molar-refractivity contribution in [2.45, 2.75) is 45.2 Å². The van der Waals surface area contributed by atoms with E-state index in [4.69, 9.17) is 4.98 Å². The van der Waals surface area contributed by atoms with Crippen molar-refractivity contribution >= 4 is 28.5 Å². The summed E-state index contributed by atoms with van der Waals surface area (Å²) in [6.45, 7) is 2.82. The Hall–Kier alpha value is -3.93. The summed E-state index contributed by atoms with van der Waals surface area (Å²) in [5, 5.41) is 3.09. The molecule has 0 radical (unpaired) electrons. The molecule has 0 saturated heterocycles. The zero-order valence-corrected chi connectivity index (χ0v) is 20.0. The Bertz CT molecular complexity index is 1350. The SMILES string of the molecule is CC(NC(=O)CCc1ccccc1)c1nc2ccccc2n1CC(=O)N1CCCc2ccccc21. The molecule has 2 amide bonds. The second-order valence-corrected chi connectivity index (χ2v) is 9.10. The maximum Gasteiger partial charge on any atom is 0.246 e. The Kier molecular flexibility index (Phi) is 6.62. The number of nitrogens with zero attached hydrogens (tertiary/aromatic N) is 3. The molecule has 0 saturated carbocycles. The van der Waals surface area contributed by atoms with E-state index in [0.29, 0.717) is 25.2 Å². The Morgan fingerprint density at radius 3 is 2.57 bits per heavy atom. The Labute approximate surface area is 205 Å². The highest BCUT2D eigenvalue weighted by Crippen LogP contribution is 2.28. The molecule has 1 unspecified atom stereocenters. The summed E-state index contributed by atoms with van der Waals surface area (Å²) in [6.07, 6.45) is 3.03. The third-order valence-electron chi connectivity index (χ3n) is 6.64. The lowest BCUT2D eigenvalue weighted by Crippen LogP contribution is -2.38. The average molecular weight is 467 g/mol. The number of carbonyl (C=O) groups is 2. The van der Waals surface area contributed by atoms with Gasteiger partial charge in [-0.25, -0.2) is 4.98 Å². The molecule has 3 aromatic carbocycles. The van der Waals surface area contributed by atoms with Crippen LogP contribution in [0.4, 0.5) is 5.69 Å². The third-order valence-corrected chi connectivity index (χ3v) is 6.64. The van der Waals surface area contributed by atoms with Crippen LogP contribution < -0.4 is 10.2 Å². The zero-order chi connectivity index (χ0) is 24.2. The first-order valence-corrected chi connectivity index (χ1v) is 12.3. The molecule has 2 heterocycles. The van der Waals surface area contributed by atoms with Gasteiger partial charge < -0.3 is 14.8 Å². The van der Waals surface area contributed by atoms with Crippen LogP contribution in [-0.4, -0.2) is 27.9 Å². The van der Waals surface area contributed by atoms with Crippen LogP contribution in [0.2, 0.25) is 0 Å². The summed E-state index contributed by atoms with van der Waals surface area (Å²) in [5.41, 5.74) is 5.06. The number of nitrogens with one attached hydrogen (secondary N) is 1. The van der Waals surface area contributed by atoms with E-state index in [1.165, 1.54) is 5.56 Å². The van der Waals surface area contributed by atoms with Gasteiger partial charge in [-0.2, -0.15) is 0 Å². The molecule has 1 aromatic heterocycles. The van der Waals surface area contributed by atoms with Gasteiger partial charge in [0.2, 0.25) is 11.8 Å². The normalized spacial score (nSPS) is 13.9. The van der Waals surface area contributed by atoms with Crippen LogP contribution in [0.25, 0.3) is 11.0 Å².